The van der Waals surface area contributed by atoms with Crippen LogP contribution in [0.2, 0.25) is 0 Å². The lowest BCUT2D eigenvalue weighted by Gasteiger charge is -2.34. The number of rotatable bonds is 10. The van der Waals surface area contributed by atoms with Crippen molar-refractivity contribution in [3.8, 4) is 11.5 Å². The molecule has 68 heavy (non-hydrogen) atoms. The maximum atomic E-state index is 12.9. The van der Waals surface area contributed by atoms with Crippen molar-refractivity contribution in [2.75, 3.05) is 62.9 Å². The molecule has 0 radical (unpaired) electrons. The van der Waals surface area contributed by atoms with Gasteiger partial charge in [0.05, 0.1) is 42.2 Å². The number of ketones is 2. The summed E-state index contributed by atoms with van der Waals surface area (Å²) in [6.07, 6.45) is 5.61. The second-order valence-electron chi connectivity index (χ2n) is 17.6. The fourth-order valence-electron chi connectivity index (χ4n) is 6.70. The van der Waals surface area contributed by atoms with Crippen LogP contribution in [-0.2, 0) is 19.3 Å². The van der Waals surface area contributed by atoms with E-state index in [-0.39, 0.29) is 71.2 Å². The Hall–Kier alpha value is -6.61. The number of para-hydroxylation sites is 2. The Morgan fingerprint density at radius 1 is 0.706 bits per heavy atom. The Kier molecular flexibility index (Phi) is 20.0. The van der Waals surface area contributed by atoms with E-state index in [4.69, 9.17) is 36.1 Å². The number of nitrogen functional groups attached to an aromatic ring is 2. The number of likely N-dealkylation sites (tertiary alicyclic amines) is 2. The van der Waals surface area contributed by atoms with E-state index in [1.165, 1.54) is 27.3 Å². The molecule has 2 atom stereocenters. The number of nitrogens with two attached hydrogens (primary N) is 3. The maximum Gasteiger partial charge on any atom is 0.410 e. The first kappa shape index (κ1) is 55.7. The molecule has 2 amide bonds. The molecule has 0 saturated carbocycles. The molecule has 20 nitrogen and oxygen atoms in total. The van der Waals surface area contributed by atoms with E-state index in [0.717, 1.165) is 38.4 Å². The zero-order valence-electron chi connectivity index (χ0n) is 39.7. The topological polar surface area (TPSA) is 287 Å². The monoisotopic (exact) mass is 964 g/mol. The van der Waals surface area contributed by atoms with Crippen LogP contribution in [-0.4, -0.2) is 131 Å². The molecule has 0 bridgehead atoms. The van der Waals surface area contributed by atoms with Crippen LogP contribution in [0.15, 0.2) is 66.1 Å². The van der Waals surface area contributed by atoms with Crippen molar-refractivity contribution in [2.45, 2.75) is 110 Å². The first-order valence-electron chi connectivity index (χ1n) is 21.8. The third-order valence-electron chi connectivity index (χ3n) is 9.98. The number of nitrogens with one attached hydrogen (secondary N) is 1. The second-order valence-corrected chi connectivity index (χ2v) is 19.8. The van der Waals surface area contributed by atoms with Gasteiger partial charge in [-0.1, -0.05) is 38.6 Å². The molecule has 2 aliphatic rings. The summed E-state index contributed by atoms with van der Waals surface area (Å²) in [5.74, 6) is 0.157. The van der Waals surface area contributed by atoms with Gasteiger partial charge < -0.3 is 51.3 Å². The number of ether oxygens (including phenoxy) is 4. The van der Waals surface area contributed by atoms with Gasteiger partial charge in [0.25, 0.3) is 0 Å². The molecule has 2 fully saturated rings. The van der Waals surface area contributed by atoms with Gasteiger partial charge in [0, 0.05) is 50.7 Å². The number of piperidine rings is 2. The number of hydrogen-bond acceptors (Lipinski definition) is 18. The van der Waals surface area contributed by atoms with Gasteiger partial charge >= 0.3 is 12.2 Å². The van der Waals surface area contributed by atoms with E-state index in [9.17, 15) is 27.6 Å². The van der Waals surface area contributed by atoms with Crippen LogP contribution in [0.5, 0.6) is 11.5 Å². The van der Waals surface area contributed by atoms with Gasteiger partial charge in [-0.3, -0.25) is 9.59 Å². The Labute approximate surface area is 399 Å². The van der Waals surface area contributed by atoms with Crippen molar-refractivity contribution >= 4 is 51.2 Å². The van der Waals surface area contributed by atoms with Crippen molar-refractivity contribution in [3.05, 3.63) is 83.2 Å². The molecule has 4 aromatic rings. The molecule has 2 saturated heterocycles. The first-order valence-corrected chi connectivity index (χ1v) is 23.4. The highest BCUT2D eigenvalue weighted by Crippen LogP contribution is 2.26. The molecule has 2 unspecified atom stereocenters. The molecular formula is C47H68N10O10S. The predicted octanol–water partition coefficient (Wildman–Crippen LogP) is 6.18. The highest BCUT2D eigenvalue weighted by Gasteiger charge is 2.29. The molecule has 0 aliphatic carbocycles. The fraction of sp³-hybridized carbons (Fsp3) is 0.489. The van der Waals surface area contributed by atoms with E-state index in [0.29, 0.717) is 48.2 Å². The van der Waals surface area contributed by atoms with Gasteiger partial charge in [0.2, 0.25) is 32.5 Å². The second kappa shape index (κ2) is 24.4. The number of anilines is 3. The van der Waals surface area contributed by atoms with Gasteiger partial charge in [-0.25, -0.2) is 33.0 Å². The van der Waals surface area contributed by atoms with Crippen LogP contribution in [0.4, 0.5) is 27.2 Å². The highest BCUT2D eigenvalue weighted by atomic mass is 32.2. The van der Waals surface area contributed by atoms with Crippen molar-refractivity contribution in [3.63, 3.8) is 0 Å². The third-order valence-corrected chi connectivity index (χ3v) is 11.5. The van der Waals surface area contributed by atoms with Crippen LogP contribution in [0.3, 0.4) is 0 Å². The summed E-state index contributed by atoms with van der Waals surface area (Å²) in [6.45, 7) is 15.1. The molecule has 2 aliphatic heterocycles. The number of nitrogens with zero attached hydrogens (tertiary/aromatic N) is 6. The first-order chi connectivity index (χ1) is 31.5. The van der Waals surface area contributed by atoms with Crippen molar-refractivity contribution in [2.24, 2.45) is 5.73 Å². The zero-order valence-corrected chi connectivity index (χ0v) is 40.5. The van der Waals surface area contributed by atoms with E-state index >= 15 is 0 Å². The SMILES string of the molecule is C.CC(C)(C)OC(=O)N1CCCC(N)C1.CCS(=O)(=O)c1ncc(C(=O)c2ccccc2OC)c(N)n1.COc1ccccc1C(=O)c1cnc(NC2CCCN(C(=O)OC(C)(C)C)C2)nc1N. The molecule has 2 aromatic heterocycles. The van der Waals surface area contributed by atoms with E-state index < -0.39 is 26.8 Å². The van der Waals surface area contributed by atoms with Crippen molar-refractivity contribution < 1.29 is 46.5 Å². The normalized spacial score (nSPS) is 16.0. The Bertz CT molecular complexity index is 2480. The largest absolute Gasteiger partial charge is 0.496 e. The molecule has 6 rings (SSSR count). The molecule has 372 valence electrons. The third kappa shape index (κ3) is 16.0. The van der Waals surface area contributed by atoms with Crippen LogP contribution < -0.4 is 32.0 Å². The lowest BCUT2D eigenvalue weighted by Crippen LogP contribution is -2.47. The minimum absolute atomic E-state index is 0. The molecule has 0 spiro atoms. The minimum atomic E-state index is -3.58. The summed E-state index contributed by atoms with van der Waals surface area (Å²) in [5, 5.41) is 2.83. The number of amides is 2. The lowest BCUT2D eigenvalue weighted by molar-refractivity contribution is 0.0193. The molecule has 7 N–H and O–H groups in total. The highest BCUT2D eigenvalue weighted by molar-refractivity contribution is 7.91. The Balaban J connectivity index is 0.000000289. The number of carbonyl (C=O) groups is 4. The average Bonchev–Trinajstić information content (AvgIpc) is 3.28. The summed E-state index contributed by atoms with van der Waals surface area (Å²) in [4.78, 5) is 68.7. The number of carbonyl (C=O) groups excluding carboxylic acids is 4. The summed E-state index contributed by atoms with van der Waals surface area (Å²) in [5.41, 5.74) is 17.5. The average molecular weight is 965 g/mol. The number of methoxy groups -OCH3 is 2. The quantitative estimate of drug-likeness (QED) is 0.102. The van der Waals surface area contributed by atoms with Gasteiger partial charge in [0.1, 0.15) is 34.3 Å². The standard InChI is InChI=1S/C22H29N5O4.C14H15N3O4S.C10H20N2O2.CH4/c1-22(2,3)31-21(29)27-11-7-8-14(13-27)25-20-24-12-16(19(23)26-20)18(28)15-9-5-6-10-17(15)30-4;1-3-22(19,20)14-16-8-10(13(15)17-14)12(18)9-6-4-5-7-11(9)21-2;1-10(2,3)14-9(13)12-6-4-5-8(11)7-12;/h5-6,9-10,12,14H,7-8,11,13H2,1-4H3,(H3,23,24,25,26);4-8H,3H2,1-2H3,(H2,15,16,17);8H,4-7,11H2,1-3H3;1H4. The molecule has 21 heteroatoms. The van der Waals surface area contributed by atoms with Gasteiger partial charge in [-0.15, -0.1) is 0 Å². The van der Waals surface area contributed by atoms with Crippen molar-refractivity contribution in [1.82, 2.24) is 29.7 Å². The number of aromatic nitrogens is 4. The number of hydrogen-bond donors (Lipinski definition) is 4. The zero-order chi connectivity index (χ0) is 49.7. The van der Waals surface area contributed by atoms with Crippen LogP contribution in [0, 0.1) is 0 Å². The summed E-state index contributed by atoms with van der Waals surface area (Å²) in [7, 11) is -0.628. The smallest absolute Gasteiger partial charge is 0.410 e. The van der Waals surface area contributed by atoms with E-state index in [2.05, 4.69) is 25.3 Å². The molecule has 4 heterocycles. The fourth-order valence-corrected chi connectivity index (χ4v) is 7.41. The van der Waals surface area contributed by atoms with Gasteiger partial charge in [-0.05, 0) is 91.5 Å². The van der Waals surface area contributed by atoms with Crippen LogP contribution >= 0.6 is 0 Å². The van der Waals surface area contributed by atoms with Crippen LogP contribution in [0.1, 0.15) is 113 Å². The lowest BCUT2D eigenvalue weighted by atomic mass is 10.0. The molecule has 2 aromatic carbocycles. The minimum Gasteiger partial charge on any atom is -0.496 e. The summed E-state index contributed by atoms with van der Waals surface area (Å²) >= 11 is 0. The Morgan fingerprint density at radius 2 is 1.16 bits per heavy atom. The van der Waals surface area contributed by atoms with E-state index in [1.54, 1.807) is 58.3 Å². The van der Waals surface area contributed by atoms with Crippen LogP contribution in [0.25, 0.3) is 0 Å². The van der Waals surface area contributed by atoms with Crippen molar-refractivity contribution in [1.29, 1.82) is 0 Å². The summed E-state index contributed by atoms with van der Waals surface area (Å²) < 4.78 is 44.5. The summed E-state index contributed by atoms with van der Waals surface area (Å²) in [6, 6.07) is 13.6. The number of sulfone groups is 1. The molecular weight excluding hydrogens is 897 g/mol. The maximum absolute atomic E-state index is 12.9. The van der Waals surface area contributed by atoms with Gasteiger partial charge in [-0.2, -0.15) is 4.98 Å². The number of benzene rings is 2. The van der Waals surface area contributed by atoms with Gasteiger partial charge in [0.15, 0.2) is 0 Å². The van der Waals surface area contributed by atoms with E-state index in [1.807, 2.05) is 41.5 Å². The predicted molar refractivity (Wildman–Crippen MR) is 260 cm³/mol. The Morgan fingerprint density at radius 3 is 1.60 bits per heavy atom.